The van der Waals surface area contributed by atoms with Gasteiger partial charge in [0.05, 0.1) is 12.7 Å². The molecule has 0 radical (unpaired) electrons. The Balaban J connectivity index is 1.57. The smallest absolute Gasteiger partial charge is 0.256 e. The molecule has 0 bridgehead atoms. The van der Waals surface area contributed by atoms with Gasteiger partial charge in [-0.05, 0) is 35.2 Å². The van der Waals surface area contributed by atoms with Gasteiger partial charge in [0.25, 0.3) is 5.91 Å². The second-order valence-electron chi connectivity index (χ2n) is 8.07. The standard InChI is InChI=1S/C26H28N4O3/c1-3-13-29-14-15-30(25(31)22-10-11-24(33-2)28-18-22)23(26(29)32)16-19-6-8-20(9-7-19)21-5-4-12-27-17-21/h4-12,17-18,23H,3,13-16H2,1-2H3/t23-/m1/s1. The molecule has 1 aliphatic rings. The van der Waals surface area contributed by atoms with E-state index in [0.29, 0.717) is 37.5 Å². The molecule has 4 rings (SSSR count). The number of rotatable bonds is 7. The Kier molecular flexibility index (Phi) is 6.98. The largest absolute Gasteiger partial charge is 0.481 e. The maximum Gasteiger partial charge on any atom is 0.256 e. The highest BCUT2D eigenvalue weighted by Gasteiger charge is 2.37. The van der Waals surface area contributed by atoms with Crippen molar-refractivity contribution in [3.05, 3.63) is 78.2 Å². The molecule has 170 valence electrons. The molecule has 3 aromatic rings. The van der Waals surface area contributed by atoms with E-state index in [0.717, 1.165) is 23.1 Å². The van der Waals surface area contributed by atoms with E-state index < -0.39 is 6.04 Å². The van der Waals surface area contributed by atoms with Crippen molar-refractivity contribution in [2.24, 2.45) is 0 Å². The molecular weight excluding hydrogens is 416 g/mol. The molecule has 1 saturated heterocycles. The summed E-state index contributed by atoms with van der Waals surface area (Å²) in [5.74, 6) is 0.251. The van der Waals surface area contributed by atoms with Gasteiger partial charge in [-0.25, -0.2) is 4.98 Å². The topological polar surface area (TPSA) is 75.6 Å². The van der Waals surface area contributed by atoms with Crippen LogP contribution in [0.4, 0.5) is 0 Å². The molecule has 0 spiro atoms. The number of hydrogen-bond acceptors (Lipinski definition) is 5. The van der Waals surface area contributed by atoms with Gasteiger partial charge in [0.2, 0.25) is 11.8 Å². The van der Waals surface area contributed by atoms with Crippen LogP contribution >= 0.6 is 0 Å². The highest BCUT2D eigenvalue weighted by atomic mass is 16.5. The first-order chi connectivity index (χ1) is 16.1. The van der Waals surface area contributed by atoms with Gasteiger partial charge >= 0.3 is 0 Å². The van der Waals surface area contributed by atoms with E-state index in [4.69, 9.17) is 4.74 Å². The van der Waals surface area contributed by atoms with Crippen molar-refractivity contribution in [2.75, 3.05) is 26.7 Å². The summed E-state index contributed by atoms with van der Waals surface area (Å²) in [4.78, 5) is 38.5. The van der Waals surface area contributed by atoms with Crippen LogP contribution in [0.5, 0.6) is 5.88 Å². The maximum absolute atomic E-state index is 13.3. The Morgan fingerprint density at radius 2 is 1.88 bits per heavy atom. The Bertz CT molecular complexity index is 1080. The van der Waals surface area contributed by atoms with E-state index in [1.54, 1.807) is 23.2 Å². The fourth-order valence-corrected chi connectivity index (χ4v) is 4.15. The highest BCUT2D eigenvalue weighted by Crippen LogP contribution is 2.23. The molecule has 7 nitrogen and oxygen atoms in total. The number of nitrogens with zero attached hydrogens (tertiary/aromatic N) is 4. The molecule has 0 saturated carbocycles. The third kappa shape index (κ3) is 5.03. The molecule has 0 N–H and O–H groups in total. The number of piperazine rings is 1. The summed E-state index contributed by atoms with van der Waals surface area (Å²) in [7, 11) is 1.53. The second-order valence-corrected chi connectivity index (χ2v) is 8.07. The average Bonchev–Trinajstić information content (AvgIpc) is 2.87. The number of aromatic nitrogens is 2. The molecule has 1 aliphatic heterocycles. The number of carbonyl (C=O) groups is 2. The first kappa shape index (κ1) is 22.5. The molecule has 1 fully saturated rings. The predicted octanol–water partition coefficient (Wildman–Crippen LogP) is 3.46. The van der Waals surface area contributed by atoms with Crippen molar-refractivity contribution in [3.8, 4) is 17.0 Å². The van der Waals surface area contributed by atoms with E-state index in [9.17, 15) is 9.59 Å². The van der Waals surface area contributed by atoms with Crippen LogP contribution in [-0.4, -0.2) is 64.4 Å². The van der Waals surface area contributed by atoms with Gasteiger partial charge in [-0.15, -0.1) is 0 Å². The Morgan fingerprint density at radius 3 is 2.52 bits per heavy atom. The lowest BCUT2D eigenvalue weighted by Gasteiger charge is -2.40. The van der Waals surface area contributed by atoms with Crippen LogP contribution in [0.15, 0.2) is 67.1 Å². The van der Waals surface area contributed by atoms with E-state index in [1.807, 2.05) is 47.5 Å². The van der Waals surface area contributed by atoms with Crippen molar-refractivity contribution in [3.63, 3.8) is 0 Å². The lowest BCUT2D eigenvalue weighted by molar-refractivity contribution is -0.140. The molecular formula is C26H28N4O3. The van der Waals surface area contributed by atoms with Crippen molar-refractivity contribution < 1.29 is 14.3 Å². The second kappa shape index (κ2) is 10.3. The van der Waals surface area contributed by atoms with Gasteiger partial charge in [0.1, 0.15) is 6.04 Å². The lowest BCUT2D eigenvalue weighted by Crippen LogP contribution is -2.59. The number of hydrogen-bond donors (Lipinski definition) is 0. The summed E-state index contributed by atoms with van der Waals surface area (Å²) in [6, 6.07) is 14.8. The van der Waals surface area contributed by atoms with Crippen molar-refractivity contribution in [1.29, 1.82) is 0 Å². The minimum absolute atomic E-state index is 0.00532. The maximum atomic E-state index is 13.3. The van der Waals surface area contributed by atoms with Gasteiger partial charge in [-0.3, -0.25) is 14.6 Å². The van der Waals surface area contributed by atoms with Crippen molar-refractivity contribution >= 4 is 11.8 Å². The van der Waals surface area contributed by atoms with Gasteiger partial charge in [0, 0.05) is 50.7 Å². The third-order valence-electron chi connectivity index (χ3n) is 5.91. The SMILES string of the molecule is CCCN1CCN(C(=O)c2ccc(OC)nc2)[C@H](Cc2ccc(-c3cccnc3)cc2)C1=O. The summed E-state index contributed by atoms with van der Waals surface area (Å²) >= 11 is 0. The zero-order valence-corrected chi connectivity index (χ0v) is 19.0. The number of amides is 2. The number of carbonyl (C=O) groups excluding carboxylic acids is 2. The Labute approximate surface area is 194 Å². The van der Waals surface area contributed by atoms with Crippen LogP contribution < -0.4 is 4.74 Å². The molecule has 1 atom stereocenters. The molecule has 2 aromatic heterocycles. The Hall–Kier alpha value is -3.74. The fourth-order valence-electron chi connectivity index (χ4n) is 4.15. The van der Waals surface area contributed by atoms with Gasteiger partial charge in [0.15, 0.2) is 0 Å². The minimum atomic E-state index is -0.552. The molecule has 3 heterocycles. The van der Waals surface area contributed by atoms with Crippen LogP contribution in [0, 0.1) is 0 Å². The highest BCUT2D eigenvalue weighted by molar-refractivity contribution is 5.98. The van der Waals surface area contributed by atoms with Crippen LogP contribution in [0.3, 0.4) is 0 Å². The summed E-state index contributed by atoms with van der Waals surface area (Å²) in [6.07, 6.45) is 6.42. The zero-order valence-electron chi connectivity index (χ0n) is 19.0. The zero-order chi connectivity index (χ0) is 23.2. The summed E-state index contributed by atoms with van der Waals surface area (Å²) in [6.45, 7) is 3.79. The predicted molar refractivity (Wildman–Crippen MR) is 126 cm³/mol. The van der Waals surface area contributed by atoms with Crippen LogP contribution in [0.1, 0.15) is 29.3 Å². The first-order valence-electron chi connectivity index (χ1n) is 11.2. The molecule has 33 heavy (non-hydrogen) atoms. The van der Waals surface area contributed by atoms with Gasteiger partial charge in [-0.1, -0.05) is 37.3 Å². The van der Waals surface area contributed by atoms with Crippen molar-refractivity contribution in [2.45, 2.75) is 25.8 Å². The number of methoxy groups -OCH3 is 1. The summed E-state index contributed by atoms with van der Waals surface area (Å²) in [5, 5.41) is 0. The molecule has 1 aromatic carbocycles. The molecule has 7 heteroatoms. The lowest BCUT2D eigenvalue weighted by atomic mass is 9.98. The molecule has 2 amide bonds. The van der Waals surface area contributed by atoms with E-state index in [2.05, 4.69) is 16.9 Å². The summed E-state index contributed by atoms with van der Waals surface area (Å²) in [5.41, 5.74) is 3.55. The van der Waals surface area contributed by atoms with Crippen molar-refractivity contribution in [1.82, 2.24) is 19.8 Å². The van der Waals surface area contributed by atoms with E-state index in [1.165, 1.54) is 13.3 Å². The van der Waals surface area contributed by atoms with Gasteiger partial charge < -0.3 is 14.5 Å². The first-order valence-corrected chi connectivity index (χ1v) is 11.2. The minimum Gasteiger partial charge on any atom is -0.481 e. The quantitative estimate of drug-likeness (QED) is 0.558. The number of benzene rings is 1. The fraction of sp³-hybridized carbons (Fsp3) is 0.308. The van der Waals surface area contributed by atoms with Crippen LogP contribution in [-0.2, 0) is 11.2 Å². The van der Waals surface area contributed by atoms with E-state index in [-0.39, 0.29) is 11.8 Å². The summed E-state index contributed by atoms with van der Waals surface area (Å²) < 4.78 is 5.09. The average molecular weight is 445 g/mol. The number of pyridine rings is 2. The molecule has 0 aliphatic carbocycles. The van der Waals surface area contributed by atoms with Gasteiger partial charge in [-0.2, -0.15) is 0 Å². The normalized spacial score (nSPS) is 16.1. The molecule has 0 unspecified atom stereocenters. The number of ether oxygens (including phenoxy) is 1. The Morgan fingerprint density at radius 1 is 1.06 bits per heavy atom. The third-order valence-corrected chi connectivity index (χ3v) is 5.91. The van der Waals surface area contributed by atoms with Crippen LogP contribution in [0.25, 0.3) is 11.1 Å². The monoisotopic (exact) mass is 444 g/mol. The van der Waals surface area contributed by atoms with E-state index >= 15 is 0 Å². The van der Waals surface area contributed by atoms with Crippen LogP contribution in [0.2, 0.25) is 0 Å².